The number of ether oxygens (including phenoxy) is 2. The van der Waals surface area contributed by atoms with Gasteiger partial charge in [-0.3, -0.25) is 4.79 Å². The normalized spacial score (nSPS) is 12.9. The Morgan fingerprint density at radius 3 is 2.44 bits per heavy atom. The molecule has 0 spiro atoms. The average Bonchev–Trinajstić information content (AvgIpc) is 3.27. The lowest BCUT2D eigenvalue weighted by atomic mass is 10.1. The molecule has 0 saturated carbocycles. The molecule has 0 atom stereocenters. The Bertz CT molecular complexity index is 1150. The van der Waals surface area contributed by atoms with Crippen molar-refractivity contribution in [3.05, 3.63) is 54.2 Å². The molecule has 2 heterocycles. The lowest BCUT2D eigenvalue weighted by molar-refractivity contribution is 0.0995. The van der Waals surface area contributed by atoms with E-state index in [1.807, 2.05) is 0 Å². The van der Waals surface area contributed by atoms with Crippen LogP contribution in [-0.4, -0.2) is 37.2 Å². The fourth-order valence-electron chi connectivity index (χ4n) is 2.79. The van der Waals surface area contributed by atoms with Crippen molar-refractivity contribution >= 4 is 15.7 Å². The largest absolute Gasteiger partial charge is 0.454 e. The Morgan fingerprint density at radius 1 is 1.07 bits per heavy atom. The number of hydrogen-bond donors (Lipinski definition) is 1. The second-order valence-electron chi connectivity index (χ2n) is 6.02. The molecule has 0 aliphatic carbocycles. The summed E-state index contributed by atoms with van der Waals surface area (Å²) in [4.78, 5) is 11.8. The van der Waals surface area contributed by atoms with Crippen LogP contribution in [0.3, 0.4) is 0 Å². The van der Waals surface area contributed by atoms with E-state index in [-0.39, 0.29) is 17.4 Å². The van der Waals surface area contributed by atoms with Crippen LogP contribution < -0.4 is 15.2 Å². The SMILES string of the molecule is CS(=O)(=O)c1ccc(-c2cc(C(N)=O)nn2-c2ccc3c(c2)OCO3)cc1. The molecule has 4 rings (SSSR count). The first-order chi connectivity index (χ1) is 12.8. The molecule has 9 heteroatoms. The summed E-state index contributed by atoms with van der Waals surface area (Å²) < 4.78 is 35.6. The minimum absolute atomic E-state index is 0.0925. The van der Waals surface area contributed by atoms with Crippen molar-refractivity contribution in [2.45, 2.75) is 4.90 Å². The molecule has 0 bridgehead atoms. The molecule has 0 unspecified atom stereocenters. The fourth-order valence-corrected chi connectivity index (χ4v) is 3.42. The van der Waals surface area contributed by atoms with Gasteiger partial charge in [0, 0.05) is 17.9 Å². The van der Waals surface area contributed by atoms with Gasteiger partial charge in [-0.1, -0.05) is 12.1 Å². The summed E-state index contributed by atoms with van der Waals surface area (Å²) in [6, 6.07) is 13.1. The number of benzene rings is 2. The second kappa shape index (κ2) is 6.13. The van der Waals surface area contributed by atoms with Crippen LogP contribution in [0.1, 0.15) is 10.5 Å². The zero-order valence-electron chi connectivity index (χ0n) is 14.2. The number of fused-ring (bicyclic) bond motifs is 1. The van der Waals surface area contributed by atoms with Crippen LogP contribution in [0.15, 0.2) is 53.4 Å². The number of primary amides is 1. The molecular formula is C18H15N3O5S. The van der Waals surface area contributed by atoms with E-state index in [0.29, 0.717) is 28.4 Å². The number of carbonyl (C=O) groups excluding carboxylic acids is 1. The van der Waals surface area contributed by atoms with Crippen molar-refractivity contribution in [3.63, 3.8) is 0 Å². The van der Waals surface area contributed by atoms with Gasteiger partial charge in [0.2, 0.25) is 6.79 Å². The minimum Gasteiger partial charge on any atom is -0.454 e. The maximum absolute atomic E-state index is 11.7. The summed E-state index contributed by atoms with van der Waals surface area (Å²) in [5.74, 6) is 0.533. The van der Waals surface area contributed by atoms with E-state index in [1.54, 1.807) is 41.1 Å². The maximum atomic E-state index is 11.7. The summed E-state index contributed by atoms with van der Waals surface area (Å²) >= 11 is 0. The third-order valence-corrected chi connectivity index (χ3v) is 5.27. The number of aromatic nitrogens is 2. The van der Waals surface area contributed by atoms with E-state index in [1.165, 1.54) is 12.1 Å². The molecule has 0 fully saturated rings. The summed E-state index contributed by atoms with van der Waals surface area (Å²) in [7, 11) is -3.31. The van der Waals surface area contributed by atoms with Gasteiger partial charge in [0.25, 0.3) is 5.91 Å². The molecule has 0 radical (unpaired) electrons. The van der Waals surface area contributed by atoms with Gasteiger partial charge < -0.3 is 15.2 Å². The van der Waals surface area contributed by atoms with Crippen LogP contribution >= 0.6 is 0 Å². The van der Waals surface area contributed by atoms with Crippen molar-refractivity contribution in [1.29, 1.82) is 0 Å². The summed E-state index contributed by atoms with van der Waals surface area (Å²) in [6.45, 7) is 0.143. The van der Waals surface area contributed by atoms with E-state index in [2.05, 4.69) is 5.10 Å². The molecule has 1 amide bonds. The first kappa shape index (κ1) is 17.1. The predicted molar refractivity (Wildman–Crippen MR) is 96.8 cm³/mol. The molecule has 138 valence electrons. The highest BCUT2D eigenvalue weighted by Crippen LogP contribution is 2.35. The van der Waals surface area contributed by atoms with E-state index < -0.39 is 15.7 Å². The Balaban J connectivity index is 1.84. The molecule has 1 aliphatic heterocycles. The first-order valence-corrected chi connectivity index (χ1v) is 9.82. The zero-order valence-corrected chi connectivity index (χ0v) is 15.1. The third kappa shape index (κ3) is 3.13. The molecule has 8 nitrogen and oxygen atoms in total. The Kier molecular flexibility index (Phi) is 3.88. The van der Waals surface area contributed by atoms with E-state index in [0.717, 1.165) is 6.26 Å². The highest BCUT2D eigenvalue weighted by molar-refractivity contribution is 7.90. The van der Waals surface area contributed by atoms with E-state index >= 15 is 0 Å². The van der Waals surface area contributed by atoms with Gasteiger partial charge in [0.1, 0.15) is 0 Å². The topological polar surface area (TPSA) is 114 Å². The average molecular weight is 385 g/mol. The fraction of sp³-hybridized carbons (Fsp3) is 0.111. The monoisotopic (exact) mass is 385 g/mol. The summed E-state index contributed by atoms with van der Waals surface area (Å²) in [6.07, 6.45) is 1.14. The standard InChI is InChI=1S/C18H15N3O5S/c1-27(23,24)13-5-2-11(3-6-13)15-9-14(18(19)22)20-21(15)12-4-7-16-17(8-12)26-10-25-16/h2-9H,10H2,1H3,(H2,19,22). The zero-order chi connectivity index (χ0) is 19.2. The van der Waals surface area contributed by atoms with E-state index in [9.17, 15) is 13.2 Å². The van der Waals surface area contributed by atoms with Gasteiger partial charge in [0.15, 0.2) is 27.0 Å². The van der Waals surface area contributed by atoms with Crippen LogP contribution in [0.4, 0.5) is 0 Å². The Hall–Kier alpha value is -3.33. The number of sulfone groups is 1. The van der Waals surface area contributed by atoms with Crippen molar-refractivity contribution in [2.24, 2.45) is 5.73 Å². The number of amides is 1. The number of nitrogens with zero attached hydrogens (tertiary/aromatic N) is 2. The molecule has 27 heavy (non-hydrogen) atoms. The number of carbonyl (C=O) groups is 1. The van der Waals surface area contributed by atoms with Gasteiger partial charge in [0.05, 0.1) is 16.3 Å². The van der Waals surface area contributed by atoms with Gasteiger partial charge >= 0.3 is 0 Å². The number of rotatable bonds is 4. The molecule has 2 aromatic carbocycles. The van der Waals surface area contributed by atoms with Crippen LogP contribution in [0.2, 0.25) is 0 Å². The van der Waals surface area contributed by atoms with Crippen LogP contribution in [0.25, 0.3) is 16.9 Å². The molecule has 1 aliphatic rings. The van der Waals surface area contributed by atoms with Gasteiger partial charge in [-0.05, 0) is 30.3 Å². The number of nitrogens with two attached hydrogens (primary N) is 1. The molecule has 2 N–H and O–H groups in total. The van der Waals surface area contributed by atoms with Crippen LogP contribution in [0.5, 0.6) is 11.5 Å². The highest BCUT2D eigenvalue weighted by atomic mass is 32.2. The quantitative estimate of drug-likeness (QED) is 0.732. The van der Waals surface area contributed by atoms with Gasteiger partial charge in [-0.25, -0.2) is 13.1 Å². The van der Waals surface area contributed by atoms with Gasteiger partial charge in [-0.15, -0.1) is 0 Å². The van der Waals surface area contributed by atoms with Crippen molar-refractivity contribution in [1.82, 2.24) is 9.78 Å². The maximum Gasteiger partial charge on any atom is 0.269 e. The smallest absolute Gasteiger partial charge is 0.269 e. The Morgan fingerprint density at radius 2 is 1.78 bits per heavy atom. The molecule has 1 aromatic heterocycles. The summed E-state index contributed by atoms with van der Waals surface area (Å²) in [5.41, 5.74) is 7.39. The lowest BCUT2D eigenvalue weighted by Crippen LogP contribution is -2.12. The minimum atomic E-state index is -3.31. The van der Waals surface area contributed by atoms with Crippen LogP contribution in [0, 0.1) is 0 Å². The first-order valence-electron chi connectivity index (χ1n) is 7.93. The number of hydrogen-bond acceptors (Lipinski definition) is 6. The molecular weight excluding hydrogens is 370 g/mol. The summed E-state index contributed by atoms with van der Waals surface area (Å²) in [5, 5.41) is 4.28. The van der Waals surface area contributed by atoms with Gasteiger partial charge in [-0.2, -0.15) is 5.10 Å². The van der Waals surface area contributed by atoms with Crippen molar-refractivity contribution in [3.8, 4) is 28.4 Å². The van der Waals surface area contributed by atoms with Crippen molar-refractivity contribution in [2.75, 3.05) is 13.0 Å². The lowest BCUT2D eigenvalue weighted by Gasteiger charge is -2.09. The molecule has 0 saturated heterocycles. The Labute approximate surface area is 155 Å². The predicted octanol–water partition coefficient (Wildman–Crippen LogP) is 1.77. The van der Waals surface area contributed by atoms with E-state index in [4.69, 9.17) is 15.2 Å². The third-order valence-electron chi connectivity index (χ3n) is 4.14. The second-order valence-corrected chi connectivity index (χ2v) is 8.04. The van der Waals surface area contributed by atoms with Crippen LogP contribution in [-0.2, 0) is 9.84 Å². The molecule has 3 aromatic rings. The highest BCUT2D eigenvalue weighted by Gasteiger charge is 2.19. The van der Waals surface area contributed by atoms with Crippen molar-refractivity contribution < 1.29 is 22.7 Å².